The quantitative estimate of drug-likeness (QED) is 0.447. The molecule has 0 unspecified atom stereocenters. The molecule has 0 saturated heterocycles. The Morgan fingerprint density at radius 1 is 0.900 bits per heavy atom. The summed E-state index contributed by atoms with van der Waals surface area (Å²) in [7, 11) is -3.96. The maximum Gasteiger partial charge on any atom is 0.283 e. The molecule has 0 aliphatic carbocycles. The summed E-state index contributed by atoms with van der Waals surface area (Å²) in [5.74, 6) is -0.450. The maximum atomic E-state index is 14.4. The first-order valence-electron chi connectivity index (χ1n) is 9.29. The first-order chi connectivity index (χ1) is 14.4. The van der Waals surface area contributed by atoms with Crippen molar-refractivity contribution in [3.63, 3.8) is 0 Å². The van der Waals surface area contributed by atoms with Crippen LogP contribution in [0.2, 0.25) is 0 Å². The first kappa shape index (κ1) is 19.8. The second-order valence-corrected chi connectivity index (χ2v) is 8.59. The normalized spacial score (nSPS) is 11.4. The molecule has 0 fully saturated rings. The number of aromatic nitrogens is 2. The van der Waals surface area contributed by atoms with Crippen LogP contribution in [0.4, 0.5) is 4.39 Å². The van der Waals surface area contributed by atoms with Crippen molar-refractivity contribution in [1.29, 1.82) is 0 Å². The first-order valence-corrected chi connectivity index (χ1v) is 10.7. The van der Waals surface area contributed by atoms with Gasteiger partial charge in [-0.15, -0.1) is 5.10 Å². The molecule has 0 bridgehead atoms. The van der Waals surface area contributed by atoms with Gasteiger partial charge in [0.05, 0.1) is 16.7 Å². The molecule has 0 aliphatic rings. The maximum absolute atomic E-state index is 14.4. The van der Waals surface area contributed by atoms with Crippen molar-refractivity contribution in [3.05, 3.63) is 102 Å². The molecule has 0 N–H and O–H groups in total. The highest BCUT2D eigenvalue weighted by Gasteiger charge is 2.23. The lowest BCUT2D eigenvalue weighted by molar-refractivity contribution is 0.293. The van der Waals surface area contributed by atoms with Crippen LogP contribution in [-0.2, 0) is 16.6 Å². The van der Waals surface area contributed by atoms with E-state index < -0.39 is 15.8 Å². The van der Waals surface area contributed by atoms with Gasteiger partial charge in [0.2, 0.25) is 5.88 Å². The molecular formula is C23H19FN2O3S. The van der Waals surface area contributed by atoms with Crippen LogP contribution in [-0.4, -0.2) is 17.6 Å². The van der Waals surface area contributed by atoms with Crippen molar-refractivity contribution in [2.24, 2.45) is 0 Å². The van der Waals surface area contributed by atoms with E-state index in [4.69, 9.17) is 4.74 Å². The third-order valence-electron chi connectivity index (χ3n) is 4.61. The van der Waals surface area contributed by atoms with Gasteiger partial charge in [0.1, 0.15) is 12.4 Å². The lowest BCUT2D eigenvalue weighted by Crippen LogP contribution is -2.13. The molecule has 4 rings (SSSR count). The Morgan fingerprint density at radius 3 is 2.27 bits per heavy atom. The zero-order chi connectivity index (χ0) is 21.1. The molecular weight excluding hydrogens is 403 g/mol. The summed E-state index contributed by atoms with van der Waals surface area (Å²) >= 11 is 0. The molecule has 152 valence electrons. The zero-order valence-corrected chi connectivity index (χ0v) is 17.0. The fourth-order valence-electron chi connectivity index (χ4n) is 2.98. The predicted molar refractivity (Wildman–Crippen MR) is 112 cm³/mol. The standard InChI is InChI=1S/C23H19FN2O3S/c1-17-11-13-19(14-12-17)30(27,28)26-15-21(20-9-5-6-10-22(20)24)23(25-26)29-16-18-7-3-2-4-8-18/h2-15H,16H2,1H3. The van der Waals surface area contributed by atoms with Gasteiger partial charge in [-0.1, -0.05) is 66.2 Å². The molecule has 30 heavy (non-hydrogen) atoms. The highest BCUT2D eigenvalue weighted by Crippen LogP contribution is 2.32. The average molecular weight is 422 g/mol. The summed E-state index contributed by atoms with van der Waals surface area (Å²) in [6, 6.07) is 21.9. The number of hydrogen-bond acceptors (Lipinski definition) is 4. The Bertz CT molecular complexity index is 1270. The highest BCUT2D eigenvalue weighted by molar-refractivity contribution is 7.89. The van der Waals surface area contributed by atoms with Gasteiger partial charge in [-0.3, -0.25) is 0 Å². The largest absolute Gasteiger partial charge is 0.471 e. The van der Waals surface area contributed by atoms with E-state index in [0.29, 0.717) is 0 Å². The minimum Gasteiger partial charge on any atom is -0.471 e. The lowest BCUT2D eigenvalue weighted by atomic mass is 10.1. The van der Waals surface area contributed by atoms with Gasteiger partial charge in [-0.25, -0.2) is 4.39 Å². The van der Waals surface area contributed by atoms with Crippen LogP contribution in [0.3, 0.4) is 0 Å². The van der Waals surface area contributed by atoms with Crippen LogP contribution >= 0.6 is 0 Å². The lowest BCUT2D eigenvalue weighted by Gasteiger charge is -2.06. The van der Waals surface area contributed by atoms with Gasteiger partial charge in [0.25, 0.3) is 10.0 Å². The van der Waals surface area contributed by atoms with E-state index in [1.165, 1.54) is 24.4 Å². The van der Waals surface area contributed by atoms with Crippen molar-refractivity contribution >= 4 is 10.0 Å². The Morgan fingerprint density at radius 2 is 1.57 bits per heavy atom. The molecule has 0 atom stereocenters. The fraction of sp³-hybridized carbons (Fsp3) is 0.0870. The third kappa shape index (κ3) is 3.97. The molecule has 1 aromatic heterocycles. The number of rotatable bonds is 6. The Balaban J connectivity index is 1.77. The summed E-state index contributed by atoms with van der Waals surface area (Å²) < 4.78 is 47.2. The van der Waals surface area contributed by atoms with Crippen LogP contribution in [0.1, 0.15) is 11.1 Å². The highest BCUT2D eigenvalue weighted by atomic mass is 32.2. The molecule has 0 radical (unpaired) electrons. The van der Waals surface area contributed by atoms with Crippen molar-refractivity contribution in [3.8, 4) is 17.0 Å². The van der Waals surface area contributed by atoms with E-state index >= 15 is 0 Å². The Labute approximate surface area is 174 Å². The smallest absolute Gasteiger partial charge is 0.283 e. The van der Waals surface area contributed by atoms with Crippen LogP contribution < -0.4 is 4.74 Å². The van der Waals surface area contributed by atoms with Gasteiger partial charge < -0.3 is 4.74 Å². The minimum absolute atomic E-state index is 0.0413. The second kappa shape index (κ2) is 8.12. The number of ether oxygens (including phenoxy) is 1. The van der Waals surface area contributed by atoms with E-state index in [-0.39, 0.29) is 28.5 Å². The SMILES string of the molecule is Cc1ccc(S(=O)(=O)n2cc(-c3ccccc3F)c(OCc3ccccc3)n2)cc1. The van der Waals surface area contributed by atoms with Crippen LogP contribution in [0.15, 0.2) is 90.0 Å². The molecule has 0 amide bonds. The van der Waals surface area contributed by atoms with E-state index in [9.17, 15) is 12.8 Å². The molecule has 3 aromatic carbocycles. The number of hydrogen-bond donors (Lipinski definition) is 0. The molecule has 7 heteroatoms. The fourth-order valence-corrected chi connectivity index (χ4v) is 4.10. The second-order valence-electron chi connectivity index (χ2n) is 6.79. The van der Waals surface area contributed by atoms with E-state index in [0.717, 1.165) is 15.2 Å². The van der Waals surface area contributed by atoms with Gasteiger partial charge in [0.15, 0.2) is 0 Å². The van der Waals surface area contributed by atoms with Gasteiger partial charge in [-0.05, 0) is 30.7 Å². The van der Waals surface area contributed by atoms with Crippen LogP contribution in [0.25, 0.3) is 11.1 Å². The van der Waals surface area contributed by atoms with Crippen LogP contribution in [0.5, 0.6) is 5.88 Å². The summed E-state index contributed by atoms with van der Waals surface area (Å²) in [5.41, 5.74) is 2.30. The van der Waals surface area contributed by atoms with E-state index in [1.54, 1.807) is 30.3 Å². The minimum atomic E-state index is -3.96. The summed E-state index contributed by atoms with van der Waals surface area (Å²) in [4.78, 5) is 0.0882. The molecule has 0 saturated carbocycles. The van der Waals surface area contributed by atoms with Crippen molar-refractivity contribution < 1.29 is 17.5 Å². The summed E-state index contributed by atoms with van der Waals surface area (Å²) in [6.07, 6.45) is 1.29. The van der Waals surface area contributed by atoms with Crippen molar-refractivity contribution in [2.75, 3.05) is 0 Å². The molecule has 0 spiro atoms. The number of benzene rings is 3. The number of nitrogens with zero attached hydrogens (tertiary/aromatic N) is 2. The predicted octanol–water partition coefficient (Wildman–Crippen LogP) is 4.81. The van der Waals surface area contributed by atoms with E-state index in [1.807, 2.05) is 37.3 Å². The molecule has 5 nitrogen and oxygen atoms in total. The van der Waals surface area contributed by atoms with Gasteiger partial charge in [0, 0.05) is 5.56 Å². The van der Waals surface area contributed by atoms with E-state index in [2.05, 4.69) is 5.10 Å². The molecule has 1 heterocycles. The van der Waals surface area contributed by atoms with Crippen molar-refractivity contribution in [1.82, 2.24) is 9.19 Å². The average Bonchev–Trinajstić information content (AvgIpc) is 3.18. The van der Waals surface area contributed by atoms with Gasteiger partial charge >= 0.3 is 0 Å². The number of aryl methyl sites for hydroxylation is 1. The zero-order valence-electron chi connectivity index (χ0n) is 16.2. The Kier molecular flexibility index (Phi) is 5.37. The van der Waals surface area contributed by atoms with Gasteiger partial charge in [-0.2, -0.15) is 12.5 Å². The number of halogens is 1. The third-order valence-corrected chi connectivity index (χ3v) is 6.15. The molecule has 4 aromatic rings. The Hall–Kier alpha value is -3.45. The van der Waals surface area contributed by atoms with Crippen molar-refractivity contribution in [2.45, 2.75) is 18.4 Å². The summed E-state index contributed by atoms with van der Waals surface area (Å²) in [5, 5.41) is 4.15. The van der Waals surface area contributed by atoms with Crippen LogP contribution in [0, 0.1) is 12.7 Å². The summed E-state index contributed by atoms with van der Waals surface area (Å²) in [6.45, 7) is 2.04. The molecule has 0 aliphatic heterocycles. The topological polar surface area (TPSA) is 61.2 Å². The monoisotopic (exact) mass is 422 g/mol.